The number of pyridine rings is 1. The molecule has 2 aromatic rings. The second-order valence-corrected chi connectivity index (χ2v) is 5.40. The predicted octanol–water partition coefficient (Wildman–Crippen LogP) is 1.80. The average Bonchev–Trinajstić information content (AvgIpc) is 2.46. The summed E-state index contributed by atoms with van der Waals surface area (Å²) < 4.78 is 0. The summed E-state index contributed by atoms with van der Waals surface area (Å²) in [4.78, 5) is 20.0. The van der Waals surface area contributed by atoms with Gasteiger partial charge < -0.3 is 10.2 Å². The van der Waals surface area contributed by atoms with Gasteiger partial charge in [-0.3, -0.25) is 9.69 Å². The minimum absolute atomic E-state index is 0.0947. The molecule has 1 N–H and O–H groups in total. The van der Waals surface area contributed by atoms with E-state index < -0.39 is 0 Å². The van der Waals surface area contributed by atoms with Crippen molar-refractivity contribution in [1.82, 2.24) is 14.8 Å². The Labute approximate surface area is 125 Å². The number of carbonyl (C=O) groups is 1. The van der Waals surface area contributed by atoms with E-state index in [-0.39, 0.29) is 5.91 Å². The molecule has 5 nitrogen and oxygen atoms in total. The highest BCUT2D eigenvalue weighted by Gasteiger charge is 2.12. The Hall–Kier alpha value is -2.14. The highest BCUT2D eigenvalue weighted by Crippen LogP contribution is 2.21. The number of carbonyl (C=O) groups excluding carboxylic acids is 1. The molecule has 112 valence electrons. The molecule has 0 unspecified atom stereocenters. The van der Waals surface area contributed by atoms with Gasteiger partial charge in [-0.2, -0.15) is 0 Å². The third kappa shape index (κ3) is 3.70. The Bertz CT molecular complexity index is 639. The second kappa shape index (κ2) is 6.54. The topological polar surface area (TPSA) is 48.5 Å². The molecule has 1 heterocycles. The van der Waals surface area contributed by atoms with Gasteiger partial charge in [0.15, 0.2) is 0 Å². The van der Waals surface area contributed by atoms with Crippen LogP contribution in [0.1, 0.15) is 5.56 Å². The van der Waals surface area contributed by atoms with Gasteiger partial charge in [0, 0.05) is 38.6 Å². The zero-order chi connectivity index (χ0) is 15.4. The number of anilines is 1. The van der Waals surface area contributed by atoms with Gasteiger partial charge in [-0.05, 0) is 19.2 Å². The molecular weight excluding hydrogens is 264 g/mol. The molecule has 0 radical (unpaired) electrons. The summed E-state index contributed by atoms with van der Waals surface area (Å²) in [5, 5.41) is 4.25. The Balaban J connectivity index is 2.22. The van der Waals surface area contributed by atoms with Crippen molar-refractivity contribution in [1.29, 1.82) is 0 Å². The van der Waals surface area contributed by atoms with Crippen LogP contribution in [0.2, 0.25) is 0 Å². The van der Waals surface area contributed by atoms with Crippen molar-refractivity contribution >= 4 is 22.6 Å². The molecule has 2 rings (SSSR count). The average molecular weight is 286 g/mol. The molecule has 1 aromatic heterocycles. The van der Waals surface area contributed by atoms with Crippen molar-refractivity contribution in [3.8, 4) is 0 Å². The molecule has 0 aliphatic carbocycles. The van der Waals surface area contributed by atoms with E-state index in [0.717, 1.165) is 22.3 Å². The highest BCUT2D eigenvalue weighted by molar-refractivity contribution is 5.81. The molecule has 1 aromatic carbocycles. The lowest BCUT2D eigenvalue weighted by Crippen LogP contribution is -2.34. The molecule has 0 aliphatic rings. The number of para-hydroxylation sites is 1. The van der Waals surface area contributed by atoms with E-state index in [0.29, 0.717) is 13.1 Å². The quantitative estimate of drug-likeness (QED) is 0.910. The summed E-state index contributed by atoms with van der Waals surface area (Å²) in [5.41, 5.74) is 2.06. The van der Waals surface area contributed by atoms with Crippen molar-refractivity contribution in [3.63, 3.8) is 0 Å². The fraction of sp³-hybridized carbons (Fsp3) is 0.375. The summed E-state index contributed by atoms with van der Waals surface area (Å²) in [5.74, 6) is 0.954. The van der Waals surface area contributed by atoms with E-state index in [1.807, 2.05) is 37.2 Å². The lowest BCUT2D eigenvalue weighted by Gasteiger charge is -2.20. The van der Waals surface area contributed by atoms with E-state index in [9.17, 15) is 4.79 Å². The SMILES string of the molecule is CNc1nc2ccccc2cc1CN(C)CC(=O)N(C)C. The lowest BCUT2D eigenvalue weighted by atomic mass is 10.1. The van der Waals surface area contributed by atoms with Crippen LogP contribution in [0.3, 0.4) is 0 Å². The second-order valence-electron chi connectivity index (χ2n) is 5.40. The van der Waals surface area contributed by atoms with Crippen molar-refractivity contribution in [2.24, 2.45) is 0 Å². The third-order valence-electron chi connectivity index (χ3n) is 3.38. The minimum atomic E-state index is 0.0947. The molecule has 0 saturated heterocycles. The zero-order valence-electron chi connectivity index (χ0n) is 13.1. The molecule has 0 spiro atoms. The van der Waals surface area contributed by atoms with Gasteiger partial charge in [0.2, 0.25) is 5.91 Å². The molecule has 0 aliphatic heterocycles. The third-order valence-corrected chi connectivity index (χ3v) is 3.38. The molecule has 21 heavy (non-hydrogen) atoms. The van der Waals surface area contributed by atoms with E-state index in [1.54, 1.807) is 19.0 Å². The number of fused-ring (bicyclic) bond motifs is 1. The van der Waals surface area contributed by atoms with Crippen molar-refractivity contribution in [3.05, 3.63) is 35.9 Å². The fourth-order valence-electron chi connectivity index (χ4n) is 2.22. The maximum atomic E-state index is 11.8. The van der Waals surface area contributed by atoms with Crippen LogP contribution in [0.15, 0.2) is 30.3 Å². The van der Waals surface area contributed by atoms with Crippen LogP contribution in [0.4, 0.5) is 5.82 Å². The first-order valence-corrected chi connectivity index (χ1v) is 6.96. The summed E-state index contributed by atoms with van der Waals surface area (Å²) in [7, 11) is 7.35. The number of nitrogens with one attached hydrogen (secondary N) is 1. The van der Waals surface area contributed by atoms with Crippen LogP contribution in [-0.4, -0.2) is 55.4 Å². The molecule has 1 amide bonds. The van der Waals surface area contributed by atoms with Crippen LogP contribution in [-0.2, 0) is 11.3 Å². The van der Waals surface area contributed by atoms with Gasteiger partial charge in [0.05, 0.1) is 12.1 Å². The molecule has 5 heteroatoms. The van der Waals surface area contributed by atoms with Gasteiger partial charge in [0.1, 0.15) is 5.82 Å². The monoisotopic (exact) mass is 286 g/mol. The van der Waals surface area contributed by atoms with E-state index >= 15 is 0 Å². The number of rotatable bonds is 5. The van der Waals surface area contributed by atoms with E-state index in [2.05, 4.69) is 22.4 Å². The zero-order valence-corrected chi connectivity index (χ0v) is 13.1. The van der Waals surface area contributed by atoms with Crippen molar-refractivity contribution < 1.29 is 4.79 Å². The lowest BCUT2D eigenvalue weighted by molar-refractivity contribution is -0.129. The number of amides is 1. The van der Waals surface area contributed by atoms with Crippen LogP contribution in [0.25, 0.3) is 10.9 Å². The maximum absolute atomic E-state index is 11.8. The number of hydrogen-bond acceptors (Lipinski definition) is 4. The number of likely N-dealkylation sites (N-methyl/N-ethyl adjacent to an activating group) is 2. The number of nitrogens with zero attached hydrogens (tertiary/aromatic N) is 3. The highest BCUT2D eigenvalue weighted by atomic mass is 16.2. The summed E-state index contributed by atoms with van der Waals surface area (Å²) >= 11 is 0. The van der Waals surface area contributed by atoms with Crippen LogP contribution in [0, 0.1) is 0 Å². The number of benzene rings is 1. The van der Waals surface area contributed by atoms with Gasteiger partial charge in [0.25, 0.3) is 0 Å². The minimum Gasteiger partial charge on any atom is -0.373 e. The van der Waals surface area contributed by atoms with Crippen LogP contribution >= 0.6 is 0 Å². The first kappa shape index (κ1) is 15.3. The predicted molar refractivity (Wildman–Crippen MR) is 86.3 cm³/mol. The fourth-order valence-corrected chi connectivity index (χ4v) is 2.22. The van der Waals surface area contributed by atoms with E-state index in [1.165, 1.54) is 0 Å². The Morgan fingerprint density at radius 2 is 1.95 bits per heavy atom. The first-order valence-electron chi connectivity index (χ1n) is 6.96. The largest absolute Gasteiger partial charge is 0.373 e. The summed E-state index contributed by atoms with van der Waals surface area (Å²) in [6, 6.07) is 10.2. The Morgan fingerprint density at radius 1 is 1.24 bits per heavy atom. The number of hydrogen-bond donors (Lipinski definition) is 1. The molecular formula is C16H22N4O. The molecule has 0 fully saturated rings. The van der Waals surface area contributed by atoms with E-state index in [4.69, 9.17) is 0 Å². The van der Waals surface area contributed by atoms with Gasteiger partial charge in [-0.1, -0.05) is 18.2 Å². The Morgan fingerprint density at radius 3 is 2.62 bits per heavy atom. The maximum Gasteiger partial charge on any atom is 0.236 e. The molecule has 0 atom stereocenters. The van der Waals surface area contributed by atoms with Gasteiger partial charge in [-0.15, -0.1) is 0 Å². The normalized spacial score (nSPS) is 10.9. The molecule has 0 saturated carbocycles. The van der Waals surface area contributed by atoms with Crippen molar-refractivity contribution in [2.45, 2.75) is 6.54 Å². The molecule has 0 bridgehead atoms. The smallest absolute Gasteiger partial charge is 0.236 e. The number of aromatic nitrogens is 1. The summed E-state index contributed by atoms with van der Waals surface area (Å²) in [6.45, 7) is 1.07. The van der Waals surface area contributed by atoms with Gasteiger partial charge in [-0.25, -0.2) is 4.98 Å². The van der Waals surface area contributed by atoms with Gasteiger partial charge >= 0.3 is 0 Å². The van der Waals surface area contributed by atoms with Crippen LogP contribution in [0.5, 0.6) is 0 Å². The van der Waals surface area contributed by atoms with Crippen LogP contribution < -0.4 is 5.32 Å². The first-order chi connectivity index (χ1) is 10.0. The van der Waals surface area contributed by atoms with Crippen molar-refractivity contribution in [2.75, 3.05) is 40.1 Å². The summed E-state index contributed by atoms with van der Waals surface area (Å²) in [6.07, 6.45) is 0. The standard InChI is InChI=1S/C16H22N4O/c1-17-16-13(10-20(4)11-15(21)19(2)3)9-12-7-5-6-8-14(12)18-16/h5-9H,10-11H2,1-4H3,(H,17,18). The Kier molecular flexibility index (Phi) is 4.75.